The van der Waals surface area contributed by atoms with E-state index >= 15 is 0 Å². The lowest BCUT2D eigenvalue weighted by atomic mass is 9.80. The molecule has 0 aliphatic heterocycles. The van der Waals surface area contributed by atoms with E-state index in [9.17, 15) is 0 Å². The Bertz CT molecular complexity index is 342. The molecule has 2 rings (SSSR count). The smallest absolute Gasteiger partial charge is 0.213 e. The van der Waals surface area contributed by atoms with Crippen LogP contribution in [0.1, 0.15) is 25.7 Å². The number of rotatable bonds is 4. The van der Waals surface area contributed by atoms with Crippen LogP contribution in [0.4, 0.5) is 0 Å². The van der Waals surface area contributed by atoms with E-state index < -0.39 is 0 Å². The molecule has 1 aromatic heterocycles. The molecule has 0 aromatic carbocycles. The maximum absolute atomic E-state index is 5.79. The predicted octanol–water partition coefficient (Wildman–Crippen LogP) is 2.88. The molecular formula is C13H19ClN2O. The Labute approximate surface area is 107 Å². The van der Waals surface area contributed by atoms with Gasteiger partial charge in [-0.2, -0.15) is 0 Å². The van der Waals surface area contributed by atoms with Crippen molar-refractivity contribution in [2.24, 2.45) is 17.6 Å². The zero-order valence-electron chi connectivity index (χ0n) is 9.94. The van der Waals surface area contributed by atoms with Crippen LogP contribution in [-0.4, -0.2) is 18.1 Å². The number of aromatic nitrogens is 1. The molecule has 3 nitrogen and oxygen atoms in total. The normalized spacial score (nSPS) is 24.6. The van der Waals surface area contributed by atoms with Crippen LogP contribution < -0.4 is 10.5 Å². The second-order valence-corrected chi connectivity index (χ2v) is 5.10. The fraction of sp³-hybridized carbons (Fsp3) is 0.615. The lowest BCUT2D eigenvalue weighted by Gasteiger charge is -2.30. The molecule has 2 atom stereocenters. The molecule has 1 aliphatic carbocycles. The van der Waals surface area contributed by atoms with Gasteiger partial charge < -0.3 is 10.5 Å². The van der Waals surface area contributed by atoms with Gasteiger partial charge in [0.25, 0.3) is 0 Å². The van der Waals surface area contributed by atoms with Crippen molar-refractivity contribution in [3.05, 3.63) is 23.4 Å². The molecule has 0 bridgehead atoms. The van der Waals surface area contributed by atoms with Crippen LogP contribution in [0.15, 0.2) is 18.3 Å². The van der Waals surface area contributed by atoms with Crippen molar-refractivity contribution in [2.45, 2.75) is 25.7 Å². The fourth-order valence-corrected chi connectivity index (χ4v) is 2.57. The Morgan fingerprint density at radius 1 is 1.29 bits per heavy atom. The third kappa shape index (κ3) is 3.58. The maximum atomic E-state index is 5.79. The Morgan fingerprint density at radius 3 is 2.71 bits per heavy atom. The molecule has 4 heteroatoms. The summed E-state index contributed by atoms with van der Waals surface area (Å²) >= 11 is 5.77. The first-order chi connectivity index (χ1) is 8.29. The molecule has 1 aromatic rings. The van der Waals surface area contributed by atoms with Gasteiger partial charge in [-0.15, -0.1) is 0 Å². The van der Waals surface area contributed by atoms with Gasteiger partial charge in [0.2, 0.25) is 5.88 Å². The van der Waals surface area contributed by atoms with Crippen molar-refractivity contribution >= 4 is 11.6 Å². The number of hydrogen-bond donors (Lipinski definition) is 1. The minimum Gasteiger partial charge on any atom is -0.477 e. The quantitative estimate of drug-likeness (QED) is 0.899. The highest BCUT2D eigenvalue weighted by atomic mass is 35.5. The largest absolute Gasteiger partial charge is 0.477 e. The summed E-state index contributed by atoms with van der Waals surface area (Å²) in [6.07, 6.45) is 6.66. The van der Waals surface area contributed by atoms with E-state index in [1.165, 1.54) is 25.7 Å². The summed E-state index contributed by atoms with van der Waals surface area (Å²) in [5, 5.41) is 0.634. The molecule has 1 aliphatic rings. The van der Waals surface area contributed by atoms with Crippen molar-refractivity contribution in [2.75, 3.05) is 13.2 Å². The molecule has 17 heavy (non-hydrogen) atoms. The molecule has 0 saturated heterocycles. The lowest BCUT2D eigenvalue weighted by Crippen LogP contribution is -2.30. The SMILES string of the molecule is NCC1CCCCC1COc1ccc(Cl)cn1. The second kappa shape index (κ2) is 6.22. The first-order valence-electron chi connectivity index (χ1n) is 6.24. The summed E-state index contributed by atoms with van der Waals surface area (Å²) in [6.45, 7) is 1.48. The molecule has 0 spiro atoms. The molecule has 0 radical (unpaired) electrons. The van der Waals surface area contributed by atoms with E-state index in [1.807, 2.05) is 6.07 Å². The van der Waals surface area contributed by atoms with E-state index in [0.717, 1.165) is 13.2 Å². The van der Waals surface area contributed by atoms with Crippen molar-refractivity contribution in [1.29, 1.82) is 0 Å². The van der Waals surface area contributed by atoms with Crippen molar-refractivity contribution < 1.29 is 4.74 Å². The van der Waals surface area contributed by atoms with Gasteiger partial charge in [-0.05, 0) is 37.3 Å². The summed E-state index contributed by atoms with van der Waals surface area (Å²) in [5.74, 6) is 1.83. The average molecular weight is 255 g/mol. The number of nitrogens with two attached hydrogens (primary N) is 1. The molecule has 94 valence electrons. The number of pyridine rings is 1. The van der Waals surface area contributed by atoms with Gasteiger partial charge in [0.15, 0.2) is 0 Å². The van der Waals surface area contributed by atoms with Gasteiger partial charge in [0, 0.05) is 12.3 Å². The van der Waals surface area contributed by atoms with Crippen molar-refractivity contribution in [3.63, 3.8) is 0 Å². The Kier molecular flexibility index (Phi) is 4.63. The lowest BCUT2D eigenvalue weighted by molar-refractivity contribution is 0.149. The Morgan fingerprint density at radius 2 is 2.06 bits per heavy atom. The summed E-state index contributed by atoms with van der Waals surface area (Å²) in [4.78, 5) is 4.13. The number of halogens is 1. The zero-order valence-corrected chi connectivity index (χ0v) is 10.7. The molecule has 1 heterocycles. The van der Waals surface area contributed by atoms with E-state index in [2.05, 4.69) is 4.98 Å². The van der Waals surface area contributed by atoms with Crippen LogP contribution in [0.5, 0.6) is 5.88 Å². The highest BCUT2D eigenvalue weighted by Crippen LogP contribution is 2.29. The van der Waals surface area contributed by atoms with Gasteiger partial charge in [0.05, 0.1) is 11.6 Å². The van der Waals surface area contributed by atoms with Gasteiger partial charge in [-0.1, -0.05) is 24.4 Å². The number of hydrogen-bond acceptors (Lipinski definition) is 3. The van der Waals surface area contributed by atoms with E-state index in [4.69, 9.17) is 22.1 Å². The minimum atomic E-state index is 0.575. The Hall–Kier alpha value is -0.800. The molecule has 2 unspecified atom stereocenters. The highest BCUT2D eigenvalue weighted by molar-refractivity contribution is 6.30. The molecule has 1 fully saturated rings. The van der Waals surface area contributed by atoms with Gasteiger partial charge >= 0.3 is 0 Å². The van der Waals surface area contributed by atoms with Crippen molar-refractivity contribution in [1.82, 2.24) is 4.98 Å². The number of ether oxygens (including phenoxy) is 1. The van der Waals surface area contributed by atoms with Gasteiger partial charge in [-0.25, -0.2) is 4.98 Å². The topological polar surface area (TPSA) is 48.1 Å². The van der Waals surface area contributed by atoms with Crippen LogP contribution in [0.25, 0.3) is 0 Å². The van der Waals surface area contributed by atoms with Crippen LogP contribution >= 0.6 is 11.6 Å². The van der Waals surface area contributed by atoms with E-state index in [-0.39, 0.29) is 0 Å². The Balaban J connectivity index is 1.86. The first-order valence-corrected chi connectivity index (χ1v) is 6.62. The summed E-state index contributed by atoms with van der Waals surface area (Å²) in [6, 6.07) is 3.60. The molecule has 2 N–H and O–H groups in total. The fourth-order valence-electron chi connectivity index (χ4n) is 2.45. The summed E-state index contributed by atoms with van der Waals surface area (Å²) in [7, 11) is 0. The number of nitrogens with zero attached hydrogens (tertiary/aromatic N) is 1. The third-order valence-electron chi connectivity index (χ3n) is 3.51. The van der Waals surface area contributed by atoms with Crippen molar-refractivity contribution in [3.8, 4) is 5.88 Å². The standard InChI is InChI=1S/C13H19ClN2O/c14-12-5-6-13(16-8-12)17-9-11-4-2-1-3-10(11)7-15/h5-6,8,10-11H,1-4,7,9,15H2. The zero-order chi connectivity index (χ0) is 12.1. The first kappa shape index (κ1) is 12.7. The monoisotopic (exact) mass is 254 g/mol. The van der Waals surface area contributed by atoms with Gasteiger partial charge in [-0.3, -0.25) is 0 Å². The average Bonchev–Trinajstić information content (AvgIpc) is 2.38. The van der Waals surface area contributed by atoms with Crippen LogP contribution in [0, 0.1) is 11.8 Å². The molecule has 0 amide bonds. The van der Waals surface area contributed by atoms with E-state index in [1.54, 1.807) is 12.3 Å². The predicted molar refractivity (Wildman–Crippen MR) is 69.2 cm³/mol. The highest BCUT2D eigenvalue weighted by Gasteiger charge is 2.24. The molecule has 1 saturated carbocycles. The van der Waals surface area contributed by atoms with Crippen LogP contribution in [0.3, 0.4) is 0 Å². The van der Waals surface area contributed by atoms with Crippen LogP contribution in [0.2, 0.25) is 5.02 Å². The maximum Gasteiger partial charge on any atom is 0.213 e. The third-order valence-corrected chi connectivity index (χ3v) is 3.74. The van der Waals surface area contributed by atoms with Crippen LogP contribution in [-0.2, 0) is 0 Å². The second-order valence-electron chi connectivity index (χ2n) is 4.67. The molecular weight excluding hydrogens is 236 g/mol. The van der Waals surface area contributed by atoms with E-state index in [0.29, 0.717) is 22.7 Å². The summed E-state index contributed by atoms with van der Waals surface area (Å²) < 4.78 is 5.71. The van der Waals surface area contributed by atoms with Gasteiger partial charge in [0.1, 0.15) is 0 Å². The summed E-state index contributed by atoms with van der Waals surface area (Å²) in [5.41, 5.74) is 5.79. The minimum absolute atomic E-state index is 0.575.